The van der Waals surface area contributed by atoms with E-state index in [2.05, 4.69) is 15.3 Å². The van der Waals surface area contributed by atoms with Gasteiger partial charge in [0.25, 0.3) is 5.91 Å². The fourth-order valence-electron chi connectivity index (χ4n) is 2.62. The van der Waals surface area contributed by atoms with Crippen LogP contribution in [0.25, 0.3) is 22.2 Å². The van der Waals surface area contributed by atoms with Crippen molar-refractivity contribution in [1.29, 1.82) is 0 Å². The molecule has 2 aromatic carbocycles. The Balaban J connectivity index is 1.87. The van der Waals surface area contributed by atoms with Crippen molar-refractivity contribution >= 4 is 44.9 Å². The topological polar surface area (TPSA) is 54.9 Å². The van der Waals surface area contributed by atoms with Crippen molar-refractivity contribution < 1.29 is 4.79 Å². The predicted octanol–water partition coefficient (Wildman–Crippen LogP) is 5.26. The highest BCUT2D eigenvalue weighted by Gasteiger charge is 2.15. The first-order chi connectivity index (χ1) is 12.2. The number of pyridine rings is 1. The third-order valence-electron chi connectivity index (χ3n) is 3.76. The number of hydrogen-bond donors (Lipinski definition) is 1. The fraction of sp³-hybridized carbons (Fsp3) is 0. The Morgan fingerprint density at radius 1 is 1.08 bits per heavy atom. The molecule has 1 N–H and O–H groups in total. The van der Waals surface area contributed by atoms with E-state index in [0.717, 1.165) is 16.5 Å². The SMILES string of the molecule is O=C(Nc1nccs1)c1cc(-c2ccccc2Cl)nc2ccccc12. The van der Waals surface area contributed by atoms with Gasteiger partial charge >= 0.3 is 0 Å². The molecular weight excluding hydrogens is 354 g/mol. The molecule has 0 aliphatic carbocycles. The Morgan fingerprint density at radius 3 is 2.68 bits per heavy atom. The second-order valence-corrected chi connectivity index (χ2v) is 6.65. The Morgan fingerprint density at radius 2 is 1.88 bits per heavy atom. The van der Waals surface area contributed by atoms with E-state index in [1.807, 2.05) is 53.9 Å². The minimum Gasteiger partial charge on any atom is -0.298 e. The number of benzene rings is 2. The van der Waals surface area contributed by atoms with Crippen LogP contribution in [-0.4, -0.2) is 15.9 Å². The number of carbonyl (C=O) groups excluding carboxylic acids is 1. The van der Waals surface area contributed by atoms with E-state index < -0.39 is 0 Å². The van der Waals surface area contributed by atoms with Gasteiger partial charge in [-0.05, 0) is 18.2 Å². The molecule has 2 heterocycles. The second-order valence-electron chi connectivity index (χ2n) is 5.34. The summed E-state index contributed by atoms with van der Waals surface area (Å²) in [5, 5.41) is 6.59. The first-order valence-corrected chi connectivity index (χ1v) is 8.83. The van der Waals surface area contributed by atoms with Crippen LogP contribution in [0.3, 0.4) is 0 Å². The highest BCUT2D eigenvalue weighted by Crippen LogP contribution is 2.30. The summed E-state index contributed by atoms with van der Waals surface area (Å²) in [4.78, 5) is 21.6. The first-order valence-electron chi connectivity index (χ1n) is 7.58. The first kappa shape index (κ1) is 15.7. The predicted molar refractivity (Wildman–Crippen MR) is 102 cm³/mol. The number of hydrogen-bond acceptors (Lipinski definition) is 4. The van der Waals surface area contributed by atoms with Gasteiger partial charge < -0.3 is 0 Å². The van der Waals surface area contributed by atoms with Crippen molar-refractivity contribution in [3.8, 4) is 11.3 Å². The van der Waals surface area contributed by atoms with E-state index >= 15 is 0 Å². The summed E-state index contributed by atoms with van der Waals surface area (Å²) in [6.45, 7) is 0. The molecule has 0 bridgehead atoms. The smallest absolute Gasteiger partial charge is 0.258 e. The lowest BCUT2D eigenvalue weighted by atomic mass is 10.0. The molecule has 0 unspecified atom stereocenters. The van der Waals surface area contributed by atoms with Crippen molar-refractivity contribution in [2.24, 2.45) is 0 Å². The van der Waals surface area contributed by atoms with Crippen LogP contribution in [0.4, 0.5) is 5.13 Å². The van der Waals surface area contributed by atoms with Crippen molar-refractivity contribution in [3.63, 3.8) is 0 Å². The molecule has 1 amide bonds. The molecule has 0 aliphatic rings. The Hall–Kier alpha value is -2.76. The van der Waals surface area contributed by atoms with E-state index in [4.69, 9.17) is 11.6 Å². The number of rotatable bonds is 3. The van der Waals surface area contributed by atoms with E-state index in [0.29, 0.717) is 21.4 Å². The van der Waals surface area contributed by atoms with Crippen LogP contribution in [0, 0.1) is 0 Å². The van der Waals surface area contributed by atoms with Gasteiger partial charge in [-0.15, -0.1) is 11.3 Å². The highest BCUT2D eigenvalue weighted by atomic mass is 35.5. The monoisotopic (exact) mass is 365 g/mol. The molecule has 0 radical (unpaired) electrons. The summed E-state index contributed by atoms with van der Waals surface area (Å²) in [6.07, 6.45) is 1.65. The second kappa shape index (κ2) is 6.63. The van der Waals surface area contributed by atoms with Gasteiger partial charge in [0.1, 0.15) is 0 Å². The van der Waals surface area contributed by atoms with Crippen LogP contribution < -0.4 is 5.32 Å². The molecule has 0 fully saturated rings. The van der Waals surface area contributed by atoms with Gasteiger partial charge in [-0.1, -0.05) is 48.0 Å². The number of fused-ring (bicyclic) bond motifs is 1. The summed E-state index contributed by atoms with van der Waals surface area (Å²) >= 11 is 7.68. The maximum atomic E-state index is 12.8. The van der Waals surface area contributed by atoms with Crippen LogP contribution in [0.2, 0.25) is 5.02 Å². The molecule has 4 nitrogen and oxygen atoms in total. The lowest BCUT2D eigenvalue weighted by molar-refractivity contribution is 0.102. The molecule has 4 rings (SSSR count). The maximum Gasteiger partial charge on any atom is 0.258 e. The molecule has 0 atom stereocenters. The highest BCUT2D eigenvalue weighted by molar-refractivity contribution is 7.13. The van der Waals surface area contributed by atoms with Crippen LogP contribution in [-0.2, 0) is 0 Å². The summed E-state index contributed by atoms with van der Waals surface area (Å²) in [5.74, 6) is -0.221. The number of anilines is 1. The number of nitrogens with zero attached hydrogens (tertiary/aromatic N) is 2. The summed E-state index contributed by atoms with van der Waals surface area (Å²) in [6, 6.07) is 16.8. The van der Waals surface area contributed by atoms with Crippen molar-refractivity contribution in [3.05, 3.63) is 76.8 Å². The molecule has 122 valence electrons. The molecule has 0 saturated carbocycles. The number of para-hydroxylation sites is 1. The van der Waals surface area contributed by atoms with E-state index in [9.17, 15) is 4.79 Å². The number of thiazole rings is 1. The lowest BCUT2D eigenvalue weighted by Crippen LogP contribution is -2.13. The van der Waals surface area contributed by atoms with Gasteiger partial charge in [0, 0.05) is 27.5 Å². The Kier molecular flexibility index (Phi) is 4.17. The number of nitrogens with one attached hydrogen (secondary N) is 1. The number of aromatic nitrogens is 2. The largest absolute Gasteiger partial charge is 0.298 e. The third-order valence-corrected chi connectivity index (χ3v) is 4.78. The summed E-state index contributed by atoms with van der Waals surface area (Å²) < 4.78 is 0. The van der Waals surface area contributed by atoms with E-state index in [1.54, 1.807) is 12.3 Å². The normalized spacial score (nSPS) is 10.8. The molecular formula is C19H12ClN3OS. The molecule has 0 saturated heterocycles. The Labute approximate surface area is 153 Å². The van der Waals surface area contributed by atoms with Crippen molar-refractivity contribution in [1.82, 2.24) is 9.97 Å². The molecule has 0 aliphatic heterocycles. The van der Waals surface area contributed by atoms with Gasteiger partial charge in [0.15, 0.2) is 5.13 Å². The minimum atomic E-state index is -0.221. The Bertz CT molecular complexity index is 1060. The van der Waals surface area contributed by atoms with Crippen LogP contribution in [0.5, 0.6) is 0 Å². The molecule has 2 aromatic heterocycles. The molecule has 4 aromatic rings. The molecule has 25 heavy (non-hydrogen) atoms. The zero-order valence-electron chi connectivity index (χ0n) is 12.9. The standard InChI is InChI=1S/C19H12ClN3OS/c20-15-7-3-1-6-13(15)17-11-14(12-5-2-4-8-16(12)22-17)18(24)23-19-21-9-10-25-19/h1-11H,(H,21,23,24). The third kappa shape index (κ3) is 3.12. The van der Waals surface area contributed by atoms with Crippen molar-refractivity contribution in [2.75, 3.05) is 5.32 Å². The van der Waals surface area contributed by atoms with E-state index in [-0.39, 0.29) is 5.91 Å². The van der Waals surface area contributed by atoms with Crippen molar-refractivity contribution in [2.45, 2.75) is 0 Å². The van der Waals surface area contributed by atoms with Crippen LogP contribution in [0.1, 0.15) is 10.4 Å². The minimum absolute atomic E-state index is 0.221. The fourth-order valence-corrected chi connectivity index (χ4v) is 3.38. The molecule has 6 heteroatoms. The zero-order valence-corrected chi connectivity index (χ0v) is 14.5. The van der Waals surface area contributed by atoms with Crippen LogP contribution >= 0.6 is 22.9 Å². The summed E-state index contributed by atoms with van der Waals surface area (Å²) in [5.41, 5.74) is 2.73. The quantitative estimate of drug-likeness (QED) is 0.538. The van der Waals surface area contributed by atoms with Gasteiger partial charge in [-0.25, -0.2) is 9.97 Å². The molecule has 0 spiro atoms. The maximum absolute atomic E-state index is 12.8. The lowest BCUT2D eigenvalue weighted by Gasteiger charge is -2.10. The average Bonchev–Trinajstić information content (AvgIpc) is 3.14. The van der Waals surface area contributed by atoms with Gasteiger partial charge in [-0.2, -0.15) is 0 Å². The van der Waals surface area contributed by atoms with Gasteiger partial charge in [0.05, 0.1) is 16.8 Å². The average molecular weight is 366 g/mol. The van der Waals surface area contributed by atoms with E-state index in [1.165, 1.54) is 11.3 Å². The number of carbonyl (C=O) groups is 1. The van der Waals surface area contributed by atoms with Gasteiger partial charge in [-0.3, -0.25) is 10.1 Å². The zero-order chi connectivity index (χ0) is 17.2. The van der Waals surface area contributed by atoms with Crippen LogP contribution in [0.15, 0.2) is 66.2 Å². The van der Waals surface area contributed by atoms with Gasteiger partial charge in [0.2, 0.25) is 0 Å². The summed E-state index contributed by atoms with van der Waals surface area (Å²) in [7, 11) is 0. The number of amides is 1. The number of halogens is 1.